The van der Waals surface area contributed by atoms with E-state index in [0.29, 0.717) is 51.5 Å². The summed E-state index contributed by atoms with van der Waals surface area (Å²) in [6.07, 6.45) is 2.32. The van der Waals surface area contributed by atoms with E-state index < -0.39 is 48.0 Å². The number of carbonyl (C=O) groups excluding carboxylic acids is 3. The lowest BCUT2D eigenvalue weighted by Crippen LogP contribution is -2.61. The highest BCUT2D eigenvalue weighted by atomic mass is 19.1. The van der Waals surface area contributed by atoms with Crippen LogP contribution in [0.15, 0.2) is 4.99 Å². The molecule has 0 spiro atoms. The molecule has 0 bridgehead atoms. The van der Waals surface area contributed by atoms with Crippen molar-refractivity contribution in [3.63, 3.8) is 0 Å². The van der Waals surface area contributed by atoms with Crippen LogP contribution in [0.4, 0.5) is 9.18 Å². The van der Waals surface area contributed by atoms with Crippen LogP contribution in [0.2, 0.25) is 0 Å². The van der Waals surface area contributed by atoms with Gasteiger partial charge in [0.05, 0.1) is 6.04 Å². The van der Waals surface area contributed by atoms with E-state index >= 15 is 0 Å². The maximum atomic E-state index is 13.2. The van der Waals surface area contributed by atoms with Gasteiger partial charge >= 0.3 is 6.09 Å². The van der Waals surface area contributed by atoms with Gasteiger partial charge in [0.15, 0.2) is 11.7 Å². The van der Waals surface area contributed by atoms with Crippen LogP contribution in [0.5, 0.6) is 0 Å². The Bertz CT molecular complexity index is 721. The molecule has 174 valence electrons. The van der Waals surface area contributed by atoms with Crippen molar-refractivity contribution in [2.75, 3.05) is 19.8 Å². The SMILES string of the molecule is NC(N)=NCCCC(NC(=O)C1CCCN1C(=O)C1(NC(=O)O)CCCC1)C(=O)CF. The molecule has 1 aliphatic heterocycles. The summed E-state index contributed by atoms with van der Waals surface area (Å²) in [5.41, 5.74) is 9.26. The highest BCUT2D eigenvalue weighted by molar-refractivity contribution is 5.96. The number of aliphatic imine (C=N–C) groups is 1. The van der Waals surface area contributed by atoms with Gasteiger partial charge in [0, 0.05) is 13.1 Å². The van der Waals surface area contributed by atoms with Gasteiger partial charge in [0.2, 0.25) is 11.8 Å². The minimum Gasteiger partial charge on any atom is -0.465 e. The van der Waals surface area contributed by atoms with Crippen LogP contribution < -0.4 is 22.1 Å². The summed E-state index contributed by atoms with van der Waals surface area (Å²) in [4.78, 5) is 54.5. The number of alkyl halides is 1. The quantitative estimate of drug-likeness (QED) is 0.174. The van der Waals surface area contributed by atoms with Crippen molar-refractivity contribution in [2.45, 2.75) is 69.0 Å². The Labute approximate surface area is 179 Å². The van der Waals surface area contributed by atoms with Crippen LogP contribution in [0.3, 0.4) is 0 Å². The summed E-state index contributed by atoms with van der Waals surface area (Å²) in [5, 5.41) is 14.1. The second-order valence-electron chi connectivity index (χ2n) is 7.99. The number of nitrogens with zero attached hydrogens (tertiary/aromatic N) is 2. The third-order valence-corrected chi connectivity index (χ3v) is 5.81. The maximum Gasteiger partial charge on any atom is 0.405 e. The third-order valence-electron chi connectivity index (χ3n) is 5.81. The molecule has 2 unspecified atom stereocenters. The summed E-state index contributed by atoms with van der Waals surface area (Å²) < 4.78 is 13.0. The minimum atomic E-state index is -1.29. The highest BCUT2D eigenvalue weighted by Gasteiger charge is 2.48. The Morgan fingerprint density at radius 3 is 2.45 bits per heavy atom. The van der Waals surface area contributed by atoms with E-state index in [1.165, 1.54) is 4.90 Å². The molecule has 1 aliphatic carbocycles. The van der Waals surface area contributed by atoms with Gasteiger partial charge in [-0.15, -0.1) is 0 Å². The molecule has 2 fully saturated rings. The second-order valence-corrected chi connectivity index (χ2v) is 7.99. The number of carbonyl (C=O) groups is 4. The molecule has 7 N–H and O–H groups in total. The van der Waals surface area contributed by atoms with Gasteiger partial charge in [-0.1, -0.05) is 12.8 Å². The molecule has 2 aliphatic rings. The lowest BCUT2D eigenvalue weighted by Gasteiger charge is -2.35. The van der Waals surface area contributed by atoms with Gasteiger partial charge in [-0.3, -0.25) is 19.4 Å². The van der Waals surface area contributed by atoms with Crippen LogP contribution in [-0.4, -0.2) is 77.0 Å². The first-order valence-corrected chi connectivity index (χ1v) is 10.5. The number of likely N-dealkylation sites (tertiary alicyclic amines) is 1. The van der Waals surface area contributed by atoms with E-state index in [9.17, 15) is 28.7 Å². The summed E-state index contributed by atoms with van der Waals surface area (Å²) in [6.45, 7) is -0.690. The van der Waals surface area contributed by atoms with Crippen LogP contribution in [0, 0.1) is 0 Å². The zero-order valence-electron chi connectivity index (χ0n) is 17.4. The summed E-state index contributed by atoms with van der Waals surface area (Å²) in [5.74, 6) is -1.85. The fourth-order valence-electron chi connectivity index (χ4n) is 4.31. The molecule has 1 saturated heterocycles. The number of hydrogen-bond donors (Lipinski definition) is 5. The van der Waals surface area contributed by atoms with Gasteiger partial charge in [-0.25, -0.2) is 9.18 Å². The number of nitrogens with two attached hydrogens (primary N) is 2. The van der Waals surface area contributed by atoms with Crippen molar-refractivity contribution < 1.29 is 28.7 Å². The molecular weight excluding hydrogens is 411 g/mol. The normalized spacial score (nSPS) is 20.7. The number of hydrogen-bond acceptors (Lipinski definition) is 5. The van der Waals surface area contributed by atoms with Crippen LogP contribution >= 0.6 is 0 Å². The van der Waals surface area contributed by atoms with Crippen molar-refractivity contribution >= 4 is 29.7 Å². The van der Waals surface area contributed by atoms with Gasteiger partial charge in [-0.2, -0.15) is 0 Å². The molecule has 31 heavy (non-hydrogen) atoms. The number of rotatable bonds is 10. The number of Topliss-reactive ketones (excluding diaryl/α,β-unsaturated/α-hetero) is 1. The Hall–Kier alpha value is -2.92. The first-order chi connectivity index (χ1) is 14.7. The predicted molar refractivity (Wildman–Crippen MR) is 110 cm³/mol. The molecule has 0 radical (unpaired) electrons. The Morgan fingerprint density at radius 1 is 1.19 bits per heavy atom. The largest absolute Gasteiger partial charge is 0.465 e. The van der Waals surface area contributed by atoms with E-state index in [4.69, 9.17) is 11.5 Å². The van der Waals surface area contributed by atoms with Gasteiger partial charge in [-0.05, 0) is 38.5 Å². The Kier molecular flexibility index (Phi) is 8.57. The van der Waals surface area contributed by atoms with Crippen molar-refractivity contribution in [1.82, 2.24) is 15.5 Å². The zero-order valence-corrected chi connectivity index (χ0v) is 17.4. The third kappa shape index (κ3) is 6.28. The smallest absolute Gasteiger partial charge is 0.405 e. The Balaban J connectivity index is 2.07. The number of halogens is 1. The maximum absolute atomic E-state index is 13.2. The number of amides is 3. The molecule has 2 rings (SSSR count). The molecule has 11 nitrogen and oxygen atoms in total. The lowest BCUT2D eigenvalue weighted by atomic mass is 9.95. The number of ketones is 1. The molecule has 1 saturated carbocycles. The van der Waals surface area contributed by atoms with Crippen molar-refractivity contribution in [3.05, 3.63) is 0 Å². The summed E-state index contributed by atoms with van der Waals surface area (Å²) >= 11 is 0. The zero-order chi connectivity index (χ0) is 23.0. The minimum absolute atomic E-state index is 0.103. The summed E-state index contributed by atoms with van der Waals surface area (Å²) in [6, 6.07) is -1.89. The van der Waals surface area contributed by atoms with Crippen molar-refractivity contribution in [1.29, 1.82) is 0 Å². The molecule has 3 amide bonds. The molecular formula is C19H31FN6O5. The standard InChI is InChI=1S/C19H31FN6O5/c20-11-14(27)12(5-3-9-23-17(21)22)24-15(28)13-6-4-10-26(13)16(29)19(25-18(30)31)7-1-2-8-19/h12-13,25H,1-11H2,(H,24,28)(H,30,31)(H4,21,22,23). The van der Waals surface area contributed by atoms with E-state index in [2.05, 4.69) is 15.6 Å². The van der Waals surface area contributed by atoms with E-state index in [-0.39, 0.29) is 18.9 Å². The second kappa shape index (κ2) is 10.9. The number of guanidine groups is 1. The van der Waals surface area contributed by atoms with Crippen molar-refractivity contribution in [3.8, 4) is 0 Å². The topological polar surface area (TPSA) is 180 Å². The highest BCUT2D eigenvalue weighted by Crippen LogP contribution is 2.34. The molecule has 0 aromatic heterocycles. The van der Waals surface area contributed by atoms with Crippen LogP contribution in [0.1, 0.15) is 51.4 Å². The summed E-state index contributed by atoms with van der Waals surface area (Å²) in [7, 11) is 0. The first-order valence-electron chi connectivity index (χ1n) is 10.5. The first kappa shape index (κ1) is 24.4. The fraction of sp³-hybridized carbons (Fsp3) is 0.737. The predicted octanol–water partition coefficient (Wildman–Crippen LogP) is -0.365. The molecule has 12 heteroatoms. The lowest BCUT2D eigenvalue weighted by molar-refractivity contribution is -0.144. The van der Waals surface area contributed by atoms with E-state index in [1.807, 2.05) is 0 Å². The van der Waals surface area contributed by atoms with Gasteiger partial charge < -0.3 is 32.1 Å². The van der Waals surface area contributed by atoms with Crippen LogP contribution in [0.25, 0.3) is 0 Å². The van der Waals surface area contributed by atoms with Gasteiger partial charge in [0.25, 0.3) is 0 Å². The van der Waals surface area contributed by atoms with Crippen molar-refractivity contribution in [2.24, 2.45) is 16.5 Å². The number of nitrogens with one attached hydrogen (secondary N) is 2. The monoisotopic (exact) mass is 442 g/mol. The average molecular weight is 442 g/mol. The molecule has 0 aromatic rings. The molecule has 0 aromatic carbocycles. The number of carboxylic acid groups (broad SMARTS) is 1. The Morgan fingerprint density at radius 2 is 1.87 bits per heavy atom. The van der Waals surface area contributed by atoms with E-state index in [1.54, 1.807) is 0 Å². The van der Waals surface area contributed by atoms with Crippen LogP contribution in [-0.2, 0) is 14.4 Å². The average Bonchev–Trinajstić information content (AvgIpc) is 3.38. The molecule has 1 heterocycles. The van der Waals surface area contributed by atoms with E-state index in [0.717, 1.165) is 0 Å². The fourth-order valence-corrected chi connectivity index (χ4v) is 4.31. The molecule has 2 atom stereocenters. The van der Waals surface area contributed by atoms with Gasteiger partial charge in [0.1, 0.15) is 18.3 Å².